The molecule has 0 aliphatic rings. The maximum atomic E-state index is 12.0. The summed E-state index contributed by atoms with van der Waals surface area (Å²) in [6.07, 6.45) is -0.931. The Morgan fingerprint density at radius 3 is 2.32 bits per heavy atom. The number of hydrogen-bond donors (Lipinski definition) is 1. The number of rotatable bonds is 5. The number of primary amides is 1. The highest BCUT2D eigenvalue weighted by molar-refractivity contribution is 5.88. The molecular formula is C17H19NO4. The molecule has 2 aromatic carbocycles. The first kappa shape index (κ1) is 15.8. The minimum absolute atomic E-state index is 0.473. The van der Waals surface area contributed by atoms with E-state index in [1.54, 1.807) is 14.0 Å². The summed E-state index contributed by atoms with van der Waals surface area (Å²) in [5, 5.41) is 2.02. The molecule has 2 aromatic rings. The Morgan fingerprint density at radius 2 is 1.68 bits per heavy atom. The van der Waals surface area contributed by atoms with Crippen LogP contribution in [0, 0.1) is 0 Å². The van der Waals surface area contributed by atoms with E-state index in [1.807, 2.05) is 36.4 Å². The van der Waals surface area contributed by atoms with Crippen LogP contribution in [0.4, 0.5) is 0 Å². The highest BCUT2D eigenvalue weighted by atomic mass is 16.5. The second-order valence-corrected chi connectivity index (χ2v) is 5.18. The topological polar surface area (TPSA) is 78.6 Å². The second kappa shape index (κ2) is 6.47. The number of amides is 1. The Bertz CT molecular complexity index is 711. The van der Waals surface area contributed by atoms with E-state index in [9.17, 15) is 9.59 Å². The van der Waals surface area contributed by atoms with Crippen molar-refractivity contribution in [2.24, 2.45) is 5.73 Å². The summed E-state index contributed by atoms with van der Waals surface area (Å²) in [6.45, 7) is 3.19. The normalized spacial score (nSPS) is 13.4. The van der Waals surface area contributed by atoms with Crippen molar-refractivity contribution in [3.8, 4) is 5.75 Å². The van der Waals surface area contributed by atoms with E-state index >= 15 is 0 Å². The fraction of sp³-hybridized carbons (Fsp3) is 0.294. The fourth-order valence-electron chi connectivity index (χ4n) is 2.11. The maximum absolute atomic E-state index is 12.0. The second-order valence-electron chi connectivity index (χ2n) is 5.18. The highest BCUT2D eigenvalue weighted by Gasteiger charge is 2.21. The van der Waals surface area contributed by atoms with Crippen molar-refractivity contribution in [1.82, 2.24) is 0 Å². The van der Waals surface area contributed by atoms with Gasteiger partial charge < -0.3 is 15.2 Å². The smallest absolute Gasteiger partial charge is 0.313 e. The summed E-state index contributed by atoms with van der Waals surface area (Å²) in [5.41, 5.74) is 5.92. The lowest BCUT2D eigenvalue weighted by Gasteiger charge is -2.15. The summed E-state index contributed by atoms with van der Waals surface area (Å²) in [4.78, 5) is 23.0. The van der Waals surface area contributed by atoms with E-state index in [-0.39, 0.29) is 0 Å². The molecule has 0 aliphatic heterocycles. The summed E-state index contributed by atoms with van der Waals surface area (Å²) >= 11 is 0. The van der Waals surface area contributed by atoms with Crippen molar-refractivity contribution < 1.29 is 19.1 Å². The lowest BCUT2D eigenvalue weighted by Crippen LogP contribution is -2.31. The third kappa shape index (κ3) is 3.36. The molecule has 0 spiro atoms. The maximum Gasteiger partial charge on any atom is 0.313 e. The van der Waals surface area contributed by atoms with Crippen molar-refractivity contribution in [2.45, 2.75) is 25.9 Å². The zero-order chi connectivity index (χ0) is 16.3. The van der Waals surface area contributed by atoms with Gasteiger partial charge in [0.2, 0.25) is 0 Å². The molecule has 22 heavy (non-hydrogen) atoms. The Labute approximate surface area is 129 Å². The van der Waals surface area contributed by atoms with Crippen molar-refractivity contribution in [1.29, 1.82) is 0 Å². The Morgan fingerprint density at radius 1 is 1.05 bits per heavy atom. The zero-order valence-electron chi connectivity index (χ0n) is 12.8. The van der Waals surface area contributed by atoms with Crippen LogP contribution in [0.25, 0.3) is 10.8 Å². The van der Waals surface area contributed by atoms with Crippen LogP contribution in [0.1, 0.15) is 25.3 Å². The molecule has 5 nitrogen and oxygen atoms in total. The van der Waals surface area contributed by atoms with Gasteiger partial charge in [-0.15, -0.1) is 0 Å². The highest BCUT2D eigenvalue weighted by Crippen LogP contribution is 2.25. The molecule has 5 heteroatoms. The number of nitrogens with two attached hydrogens (primary N) is 1. The molecule has 0 unspecified atom stereocenters. The number of esters is 1. The van der Waals surface area contributed by atoms with E-state index in [2.05, 4.69) is 0 Å². The van der Waals surface area contributed by atoms with Crippen LogP contribution in [0.3, 0.4) is 0 Å². The molecule has 0 aliphatic carbocycles. The number of carbonyl (C=O) groups excluding carboxylic acids is 2. The predicted molar refractivity (Wildman–Crippen MR) is 83.7 cm³/mol. The predicted octanol–water partition coefficient (Wildman–Crippen LogP) is 2.37. The van der Waals surface area contributed by atoms with Gasteiger partial charge >= 0.3 is 5.97 Å². The molecule has 0 aromatic heterocycles. The van der Waals surface area contributed by atoms with Crippen LogP contribution < -0.4 is 10.5 Å². The molecule has 0 saturated carbocycles. The van der Waals surface area contributed by atoms with Crippen molar-refractivity contribution in [3.63, 3.8) is 0 Å². The number of fused-ring (bicyclic) bond motifs is 1. The minimum Gasteiger partial charge on any atom is -0.497 e. The van der Waals surface area contributed by atoms with Gasteiger partial charge in [-0.1, -0.05) is 24.3 Å². The first-order valence-corrected chi connectivity index (χ1v) is 7.00. The Balaban J connectivity index is 2.22. The van der Waals surface area contributed by atoms with Gasteiger partial charge in [0.05, 0.1) is 13.0 Å². The third-order valence-corrected chi connectivity index (χ3v) is 3.62. The molecule has 2 N–H and O–H groups in total. The monoisotopic (exact) mass is 301 g/mol. The molecular weight excluding hydrogens is 282 g/mol. The summed E-state index contributed by atoms with van der Waals surface area (Å²) < 4.78 is 10.2. The van der Waals surface area contributed by atoms with E-state index < -0.39 is 23.9 Å². The van der Waals surface area contributed by atoms with E-state index in [0.717, 1.165) is 22.1 Å². The fourth-order valence-corrected chi connectivity index (χ4v) is 2.11. The number of ether oxygens (including phenoxy) is 2. The standard InChI is InChI=1S/C17H19NO4/c1-10(17(20)22-11(2)16(18)19)12-4-5-14-9-15(21-3)7-6-13(14)8-12/h4-11H,1-3H3,(H2,18,19)/t10-,11+/m0/s1. The molecule has 1 amide bonds. The van der Waals surface area contributed by atoms with Gasteiger partial charge in [0.15, 0.2) is 6.10 Å². The molecule has 116 valence electrons. The SMILES string of the molecule is COc1ccc2cc([C@H](C)C(=O)O[C@H](C)C(N)=O)ccc2c1. The van der Waals surface area contributed by atoms with E-state index in [1.165, 1.54) is 6.92 Å². The van der Waals surface area contributed by atoms with Gasteiger partial charge in [-0.05, 0) is 42.3 Å². The molecule has 0 radical (unpaired) electrons. The van der Waals surface area contributed by atoms with Gasteiger partial charge in [-0.25, -0.2) is 0 Å². The largest absolute Gasteiger partial charge is 0.497 e. The number of hydrogen-bond acceptors (Lipinski definition) is 4. The number of benzene rings is 2. The molecule has 0 saturated heterocycles. The van der Waals surface area contributed by atoms with Crippen LogP contribution in [0.15, 0.2) is 36.4 Å². The summed E-state index contributed by atoms with van der Waals surface area (Å²) in [7, 11) is 1.62. The van der Waals surface area contributed by atoms with Crippen LogP contribution in [0.2, 0.25) is 0 Å². The Kier molecular flexibility index (Phi) is 4.65. The quantitative estimate of drug-likeness (QED) is 0.860. The lowest BCUT2D eigenvalue weighted by molar-refractivity contribution is -0.154. The average molecular weight is 301 g/mol. The van der Waals surface area contributed by atoms with Gasteiger partial charge in [0, 0.05) is 0 Å². The van der Waals surface area contributed by atoms with Gasteiger partial charge in [0.25, 0.3) is 5.91 Å². The van der Waals surface area contributed by atoms with E-state index in [0.29, 0.717) is 0 Å². The van der Waals surface area contributed by atoms with Gasteiger partial charge in [0.1, 0.15) is 5.75 Å². The molecule has 2 atom stereocenters. The van der Waals surface area contributed by atoms with Crippen molar-refractivity contribution in [3.05, 3.63) is 42.0 Å². The van der Waals surface area contributed by atoms with Gasteiger partial charge in [-0.2, -0.15) is 0 Å². The molecule has 0 fully saturated rings. The summed E-state index contributed by atoms with van der Waals surface area (Å²) in [6, 6.07) is 11.4. The Hall–Kier alpha value is -2.56. The number of carbonyl (C=O) groups is 2. The first-order valence-electron chi connectivity index (χ1n) is 7.00. The van der Waals surface area contributed by atoms with Crippen LogP contribution in [-0.4, -0.2) is 25.1 Å². The van der Waals surface area contributed by atoms with Crippen molar-refractivity contribution in [2.75, 3.05) is 7.11 Å². The molecule has 2 rings (SSSR count). The van der Waals surface area contributed by atoms with E-state index in [4.69, 9.17) is 15.2 Å². The zero-order valence-corrected chi connectivity index (χ0v) is 12.8. The molecule has 0 bridgehead atoms. The first-order chi connectivity index (χ1) is 10.4. The lowest BCUT2D eigenvalue weighted by atomic mass is 9.98. The van der Waals surface area contributed by atoms with Crippen LogP contribution in [0.5, 0.6) is 5.75 Å². The van der Waals surface area contributed by atoms with Gasteiger partial charge in [-0.3, -0.25) is 9.59 Å². The van der Waals surface area contributed by atoms with Crippen molar-refractivity contribution >= 4 is 22.6 Å². The summed E-state index contributed by atoms with van der Waals surface area (Å²) in [5.74, 6) is -0.832. The van der Waals surface area contributed by atoms with Crippen LogP contribution in [-0.2, 0) is 14.3 Å². The average Bonchev–Trinajstić information content (AvgIpc) is 2.52. The minimum atomic E-state index is -0.931. The van der Waals surface area contributed by atoms with Crippen LogP contribution >= 0.6 is 0 Å². The molecule has 0 heterocycles. The third-order valence-electron chi connectivity index (χ3n) is 3.62. The number of methoxy groups -OCH3 is 1.